The van der Waals surface area contributed by atoms with Crippen LogP contribution in [0, 0.1) is 17.8 Å². The highest BCUT2D eigenvalue weighted by Gasteiger charge is 2.24. The summed E-state index contributed by atoms with van der Waals surface area (Å²) in [6, 6.07) is 0. The van der Waals surface area contributed by atoms with E-state index in [1.165, 1.54) is 19.3 Å². The minimum Gasteiger partial charge on any atom is -0.513 e. The summed E-state index contributed by atoms with van der Waals surface area (Å²) in [6.07, 6.45) is 9.22. The number of allylic oxidation sites excluding steroid dienone is 4. The molecule has 1 rings (SSSR count). The van der Waals surface area contributed by atoms with Crippen molar-refractivity contribution in [1.29, 1.82) is 0 Å². The molecule has 0 radical (unpaired) electrons. The van der Waals surface area contributed by atoms with Crippen molar-refractivity contribution in [2.24, 2.45) is 17.8 Å². The van der Waals surface area contributed by atoms with Gasteiger partial charge in [-0.1, -0.05) is 25.5 Å². The zero-order chi connectivity index (χ0) is 12.1. The van der Waals surface area contributed by atoms with Gasteiger partial charge in [-0.2, -0.15) is 0 Å². The van der Waals surface area contributed by atoms with E-state index in [1.807, 2.05) is 6.08 Å². The van der Waals surface area contributed by atoms with Crippen molar-refractivity contribution in [3.8, 4) is 0 Å². The van der Waals surface area contributed by atoms with Gasteiger partial charge in [0, 0.05) is 0 Å². The SMILES string of the molecule is CC1=CCC(C(C/C=C(\C)O)C(C)C)CC1. The minimum absolute atomic E-state index is 0.466. The minimum atomic E-state index is 0.466. The number of aliphatic hydroxyl groups is 1. The summed E-state index contributed by atoms with van der Waals surface area (Å²) in [6.45, 7) is 8.60. The van der Waals surface area contributed by atoms with E-state index in [4.69, 9.17) is 0 Å². The molecule has 0 aromatic rings. The standard InChI is InChI=1S/C15H26O/c1-11(2)15(10-7-13(4)16)14-8-5-12(3)6-9-14/h5,7,11,14-16H,6,8-10H2,1-4H3/b13-7+. The van der Waals surface area contributed by atoms with E-state index in [1.54, 1.807) is 12.5 Å². The summed E-state index contributed by atoms with van der Waals surface area (Å²) in [5, 5.41) is 9.27. The summed E-state index contributed by atoms with van der Waals surface area (Å²) in [4.78, 5) is 0. The molecule has 0 aromatic heterocycles. The fourth-order valence-electron chi connectivity index (χ4n) is 2.69. The Hall–Kier alpha value is -0.720. The van der Waals surface area contributed by atoms with E-state index in [9.17, 15) is 5.11 Å². The molecule has 0 fully saturated rings. The van der Waals surface area contributed by atoms with E-state index in [-0.39, 0.29) is 0 Å². The van der Waals surface area contributed by atoms with Gasteiger partial charge in [0.25, 0.3) is 0 Å². The third-order valence-corrected chi connectivity index (χ3v) is 3.83. The zero-order valence-corrected chi connectivity index (χ0v) is 11.2. The first kappa shape index (κ1) is 13.3. The predicted molar refractivity (Wildman–Crippen MR) is 70.4 cm³/mol. The van der Waals surface area contributed by atoms with Crippen LogP contribution in [-0.2, 0) is 0 Å². The van der Waals surface area contributed by atoms with Crippen LogP contribution in [0.3, 0.4) is 0 Å². The molecule has 0 amide bonds. The van der Waals surface area contributed by atoms with Crippen molar-refractivity contribution in [1.82, 2.24) is 0 Å². The van der Waals surface area contributed by atoms with Gasteiger partial charge < -0.3 is 5.11 Å². The molecule has 16 heavy (non-hydrogen) atoms. The molecule has 0 saturated heterocycles. The van der Waals surface area contributed by atoms with Crippen LogP contribution in [-0.4, -0.2) is 5.11 Å². The zero-order valence-electron chi connectivity index (χ0n) is 11.2. The summed E-state index contributed by atoms with van der Waals surface area (Å²) >= 11 is 0. The Labute approximate surface area is 100 Å². The van der Waals surface area contributed by atoms with Crippen LogP contribution in [0.25, 0.3) is 0 Å². The number of hydrogen-bond acceptors (Lipinski definition) is 1. The number of rotatable bonds is 4. The second-order valence-corrected chi connectivity index (χ2v) is 5.57. The third kappa shape index (κ3) is 4.03. The first-order valence-corrected chi connectivity index (χ1v) is 6.52. The van der Waals surface area contributed by atoms with Crippen LogP contribution in [0.4, 0.5) is 0 Å². The molecule has 0 aromatic carbocycles. The Morgan fingerprint density at radius 3 is 2.69 bits per heavy atom. The molecule has 0 spiro atoms. The summed E-state index contributed by atoms with van der Waals surface area (Å²) in [5.41, 5.74) is 1.55. The van der Waals surface area contributed by atoms with Crippen molar-refractivity contribution in [2.45, 2.75) is 53.4 Å². The monoisotopic (exact) mass is 222 g/mol. The van der Waals surface area contributed by atoms with E-state index in [2.05, 4.69) is 26.8 Å². The molecular formula is C15H26O. The van der Waals surface area contributed by atoms with Gasteiger partial charge in [0.1, 0.15) is 0 Å². The highest BCUT2D eigenvalue weighted by molar-refractivity contribution is 5.04. The lowest BCUT2D eigenvalue weighted by Crippen LogP contribution is -2.21. The van der Waals surface area contributed by atoms with Gasteiger partial charge in [-0.05, 0) is 63.4 Å². The maximum Gasteiger partial charge on any atom is 0.0852 e. The largest absolute Gasteiger partial charge is 0.513 e. The third-order valence-electron chi connectivity index (χ3n) is 3.83. The lowest BCUT2D eigenvalue weighted by Gasteiger charge is -2.31. The van der Waals surface area contributed by atoms with Gasteiger partial charge in [0.05, 0.1) is 5.76 Å². The second-order valence-electron chi connectivity index (χ2n) is 5.57. The van der Waals surface area contributed by atoms with Gasteiger partial charge in [0.15, 0.2) is 0 Å². The average Bonchev–Trinajstić information content (AvgIpc) is 2.20. The van der Waals surface area contributed by atoms with E-state index < -0.39 is 0 Å². The molecule has 2 atom stereocenters. The molecule has 2 unspecified atom stereocenters. The quantitative estimate of drug-likeness (QED) is 0.532. The Morgan fingerprint density at radius 1 is 1.56 bits per heavy atom. The lowest BCUT2D eigenvalue weighted by molar-refractivity contribution is 0.234. The van der Waals surface area contributed by atoms with Gasteiger partial charge in [0.2, 0.25) is 0 Å². The Bertz CT molecular complexity index is 269. The van der Waals surface area contributed by atoms with Crippen LogP contribution in [0.1, 0.15) is 53.4 Å². The molecule has 0 heterocycles. The van der Waals surface area contributed by atoms with Crippen molar-refractivity contribution in [2.75, 3.05) is 0 Å². The van der Waals surface area contributed by atoms with Crippen molar-refractivity contribution >= 4 is 0 Å². The molecule has 0 saturated carbocycles. The fourth-order valence-corrected chi connectivity index (χ4v) is 2.69. The van der Waals surface area contributed by atoms with E-state index >= 15 is 0 Å². The average molecular weight is 222 g/mol. The van der Waals surface area contributed by atoms with E-state index in [0.717, 1.165) is 12.3 Å². The Kier molecular flexibility index (Phi) is 5.11. The Morgan fingerprint density at radius 2 is 2.25 bits per heavy atom. The normalized spacial score (nSPS) is 24.4. The topological polar surface area (TPSA) is 20.2 Å². The molecule has 1 N–H and O–H groups in total. The smallest absolute Gasteiger partial charge is 0.0852 e. The molecule has 1 aliphatic carbocycles. The van der Waals surface area contributed by atoms with Gasteiger partial charge in [-0.3, -0.25) is 0 Å². The van der Waals surface area contributed by atoms with Crippen LogP contribution in [0.5, 0.6) is 0 Å². The van der Waals surface area contributed by atoms with E-state index in [0.29, 0.717) is 17.6 Å². The molecule has 0 bridgehead atoms. The van der Waals surface area contributed by atoms with Gasteiger partial charge in [-0.25, -0.2) is 0 Å². The van der Waals surface area contributed by atoms with Crippen LogP contribution in [0.2, 0.25) is 0 Å². The Balaban J connectivity index is 2.60. The van der Waals surface area contributed by atoms with Crippen LogP contribution in [0.15, 0.2) is 23.5 Å². The fraction of sp³-hybridized carbons (Fsp3) is 0.733. The highest BCUT2D eigenvalue weighted by Crippen LogP contribution is 2.35. The van der Waals surface area contributed by atoms with Crippen molar-refractivity contribution in [3.05, 3.63) is 23.5 Å². The van der Waals surface area contributed by atoms with Gasteiger partial charge >= 0.3 is 0 Å². The second kappa shape index (κ2) is 6.12. The first-order valence-electron chi connectivity index (χ1n) is 6.52. The molecule has 1 nitrogen and oxygen atoms in total. The van der Waals surface area contributed by atoms with Crippen molar-refractivity contribution in [3.63, 3.8) is 0 Å². The van der Waals surface area contributed by atoms with Gasteiger partial charge in [-0.15, -0.1) is 0 Å². The van der Waals surface area contributed by atoms with Crippen LogP contribution < -0.4 is 0 Å². The molecule has 92 valence electrons. The maximum atomic E-state index is 9.27. The molecule has 1 aliphatic rings. The number of aliphatic hydroxyl groups excluding tert-OH is 1. The molecular weight excluding hydrogens is 196 g/mol. The maximum absolute atomic E-state index is 9.27. The highest BCUT2D eigenvalue weighted by atomic mass is 16.3. The molecule has 1 heteroatoms. The van der Waals surface area contributed by atoms with Crippen LogP contribution >= 0.6 is 0 Å². The summed E-state index contributed by atoms with van der Waals surface area (Å²) < 4.78 is 0. The number of hydrogen-bond donors (Lipinski definition) is 1. The lowest BCUT2D eigenvalue weighted by atomic mass is 9.74. The first-order chi connectivity index (χ1) is 7.50. The molecule has 0 aliphatic heterocycles. The summed E-state index contributed by atoms with van der Waals surface area (Å²) in [7, 11) is 0. The summed E-state index contributed by atoms with van der Waals surface area (Å²) in [5.74, 6) is 2.69. The van der Waals surface area contributed by atoms with Crippen molar-refractivity contribution < 1.29 is 5.11 Å². The predicted octanol–water partition coefficient (Wildman–Crippen LogP) is 4.86.